The molecule has 3 aliphatic heterocycles. The molecule has 92 valence electrons. The van der Waals surface area contributed by atoms with Gasteiger partial charge in [0.15, 0.2) is 0 Å². The molecule has 1 unspecified atom stereocenters. The van der Waals surface area contributed by atoms with Crippen molar-refractivity contribution in [2.45, 2.75) is 25.8 Å². The summed E-state index contributed by atoms with van der Waals surface area (Å²) in [4.78, 5) is 2.57. The van der Waals surface area contributed by atoms with Gasteiger partial charge in [-0.3, -0.25) is 0 Å². The lowest BCUT2D eigenvalue weighted by atomic mass is 9.84. The largest absolute Gasteiger partial charge is 0.381 e. The third-order valence-electron chi connectivity index (χ3n) is 4.19. The van der Waals surface area contributed by atoms with Crippen LogP contribution in [0.2, 0.25) is 5.02 Å². The molecule has 1 aromatic carbocycles. The van der Waals surface area contributed by atoms with Crippen LogP contribution in [0.15, 0.2) is 18.2 Å². The molecule has 0 amide bonds. The topological polar surface area (TPSA) is 15.3 Å². The molecule has 2 nitrogen and oxygen atoms in total. The highest BCUT2D eigenvalue weighted by atomic mass is 35.5. The molecule has 3 saturated heterocycles. The predicted molar refractivity (Wildman–Crippen MR) is 72.8 cm³/mol. The number of anilines is 1. The van der Waals surface area contributed by atoms with Crippen molar-refractivity contribution in [2.24, 2.45) is 5.92 Å². The van der Waals surface area contributed by atoms with Gasteiger partial charge in [0, 0.05) is 23.3 Å². The zero-order valence-corrected chi connectivity index (χ0v) is 11.0. The summed E-state index contributed by atoms with van der Waals surface area (Å²) in [6.45, 7) is 5.91. The van der Waals surface area contributed by atoms with Crippen molar-refractivity contribution in [3.8, 4) is 0 Å². The average Bonchev–Trinajstić information content (AvgIpc) is 2.34. The maximum absolute atomic E-state index is 5.99. The number of fused-ring (bicyclic) bond motifs is 3. The van der Waals surface area contributed by atoms with E-state index in [2.05, 4.69) is 23.2 Å². The predicted octanol–water partition coefficient (Wildman–Crippen LogP) is 3.15. The molecule has 3 aliphatic rings. The van der Waals surface area contributed by atoms with E-state index in [0.29, 0.717) is 6.04 Å². The molecule has 1 N–H and O–H groups in total. The number of nitrogens with zero attached hydrogens (tertiary/aromatic N) is 1. The molecule has 3 heterocycles. The van der Waals surface area contributed by atoms with Crippen LogP contribution in [-0.4, -0.2) is 30.6 Å². The van der Waals surface area contributed by atoms with E-state index in [4.69, 9.17) is 11.6 Å². The molecule has 0 saturated carbocycles. The van der Waals surface area contributed by atoms with Crippen molar-refractivity contribution in [3.63, 3.8) is 0 Å². The summed E-state index contributed by atoms with van der Waals surface area (Å²) in [7, 11) is 0. The summed E-state index contributed by atoms with van der Waals surface area (Å²) in [6, 6.07) is 6.73. The Balaban J connectivity index is 1.74. The Bertz CT molecular complexity index is 411. The molecule has 4 rings (SSSR count). The summed E-state index contributed by atoms with van der Waals surface area (Å²) in [5.41, 5.74) is 2.49. The molecule has 2 bridgehead atoms. The number of aryl methyl sites for hydroxylation is 1. The quantitative estimate of drug-likeness (QED) is 0.868. The first-order chi connectivity index (χ1) is 8.22. The minimum absolute atomic E-state index is 0.623. The monoisotopic (exact) mass is 250 g/mol. The van der Waals surface area contributed by atoms with Gasteiger partial charge in [0.05, 0.1) is 0 Å². The van der Waals surface area contributed by atoms with Crippen LogP contribution < -0.4 is 5.32 Å². The summed E-state index contributed by atoms with van der Waals surface area (Å²) in [6.07, 6.45) is 2.70. The highest BCUT2D eigenvalue weighted by Gasteiger charge is 2.33. The molecule has 0 spiro atoms. The van der Waals surface area contributed by atoms with Gasteiger partial charge in [-0.05, 0) is 62.5 Å². The van der Waals surface area contributed by atoms with Crippen molar-refractivity contribution in [3.05, 3.63) is 28.8 Å². The van der Waals surface area contributed by atoms with Gasteiger partial charge >= 0.3 is 0 Å². The molecule has 1 atom stereocenters. The number of halogens is 1. The fraction of sp³-hybridized carbons (Fsp3) is 0.571. The lowest BCUT2D eigenvalue weighted by molar-refractivity contribution is 0.0975. The molecule has 3 heteroatoms. The van der Waals surface area contributed by atoms with E-state index in [-0.39, 0.29) is 0 Å². The van der Waals surface area contributed by atoms with Gasteiger partial charge in [-0.2, -0.15) is 0 Å². The number of rotatable bonds is 2. The molecule has 0 aliphatic carbocycles. The summed E-state index contributed by atoms with van der Waals surface area (Å²) >= 11 is 5.99. The third kappa shape index (κ3) is 2.29. The average molecular weight is 251 g/mol. The van der Waals surface area contributed by atoms with Gasteiger partial charge in [-0.25, -0.2) is 0 Å². The van der Waals surface area contributed by atoms with Crippen molar-refractivity contribution in [1.29, 1.82) is 0 Å². The Labute approximate surface area is 108 Å². The van der Waals surface area contributed by atoms with E-state index >= 15 is 0 Å². The Morgan fingerprint density at radius 1 is 1.29 bits per heavy atom. The summed E-state index contributed by atoms with van der Waals surface area (Å²) in [5.74, 6) is 0.857. The number of nitrogens with one attached hydrogen (secondary N) is 1. The highest BCUT2D eigenvalue weighted by molar-refractivity contribution is 6.30. The van der Waals surface area contributed by atoms with Crippen molar-refractivity contribution in [2.75, 3.05) is 25.0 Å². The van der Waals surface area contributed by atoms with Crippen LogP contribution in [0.4, 0.5) is 5.69 Å². The lowest BCUT2D eigenvalue weighted by Crippen LogP contribution is -2.53. The van der Waals surface area contributed by atoms with E-state index in [1.54, 1.807) is 0 Å². The first kappa shape index (κ1) is 11.4. The number of hydrogen-bond acceptors (Lipinski definition) is 2. The second-order valence-corrected chi connectivity index (χ2v) is 5.78. The van der Waals surface area contributed by atoms with Gasteiger partial charge in [0.1, 0.15) is 0 Å². The third-order valence-corrected chi connectivity index (χ3v) is 4.42. The van der Waals surface area contributed by atoms with Crippen LogP contribution in [0.3, 0.4) is 0 Å². The first-order valence-corrected chi connectivity index (χ1v) is 6.85. The van der Waals surface area contributed by atoms with E-state index in [1.165, 1.54) is 43.7 Å². The van der Waals surface area contributed by atoms with Gasteiger partial charge < -0.3 is 10.2 Å². The van der Waals surface area contributed by atoms with E-state index in [9.17, 15) is 0 Å². The maximum atomic E-state index is 5.99. The second kappa shape index (κ2) is 4.51. The lowest BCUT2D eigenvalue weighted by Gasteiger charge is -2.45. The van der Waals surface area contributed by atoms with E-state index in [1.807, 2.05) is 12.1 Å². The standard InChI is InChI=1S/C14H19ClN2/c1-10-8-12(15)2-3-13(10)16-14-9-17-6-4-11(14)5-7-17/h2-3,8,11,14,16H,4-7,9H2,1H3. The Kier molecular flexibility index (Phi) is 3.01. The van der Waals surface area contributed by atoms with Crippen LogP contribution in [0.1, 0.15) is 18.4 Å². The fourth-order valence-electron chi connectivity index (χ4n) is 3.12. The fourth-order valence-corrected chi connectivity index (χ4v) is 3.34. The SMILES string of the molecule is Cc1cc(Cl)ccc1NC1CN2CCC1CC2. The zero-order valence-electron chi connectivity index (χ0n) is 10.2. The minimum atomic E-state index is 0.623. The molecule has 0 aromatic heterocycles. The van der Waals surface area contributed by atoms with Crippen LogP contribution in [-0.2, 0) is 0 Å². The molecule has 17 heavy (non-hydrogen) atoms. The molecule has 3 fully saturated rings. The van der Waals surface area contributed by atoms with Crippen molar-refractivity contribution >= 4 is 17.3 Å². The molecular formula is C14H19ClN2. The summed E-state index contributed by atoms with van der Waals surface area (Å²) in [5, 5.41) is 4.53. The smallest absolute Gasteiger partial charge is 0.0417 e. The number of hydrogen-bond donors (Lipinski definition) is 1. The van der Waals surface area contributed by atoms with Crippen LogP contribution in [0.5, 0.6) is 0 Å². The first-order valence-electron chi connectivity index (χ1n) is 6.47. The minimum Gasteiger partial charge on any atom is -0.381 e. The van der Waals surface area contributed by atoms with Crippen molar-refractivity contribution in [1.82, 2.24) is 4.90 Å². The van der Waals surface area contributed by atoms with Gasteiger partial charge in [0.2, 0.25) is 0 Å². The van der Waals surface area contributed by atoms with Crippen molar-refractivity contribution < 1.29 is 0 Å². The highest BCUT2D eigenvalue weighted by Crippen LogP contribution is 2.30. The molecular weight excluding hydrogens is 232 g/mol. The number of piperidine rings is 3. The van der Waals surface area contributed by atoms with Crippen LogP contribution in [0, 0.1) is 12.8 Å². The van der Waals surface area contributed by atoms with Crippen LogP contribution >= 0.6 is 11.6 Å². The molecule has 1 aromatic rings. The van der Waals surface area contributed by atoms with Gasteiger partial charge in [-0.1, -0.05) is 11.6 Å². The van der Waals surface area contributed by atoms with Gasteiger partial charge in [-0.15, -0.1) is 0 Å². The van der Waals surface area contributed by atoms with Crippen LogP contribution in [0.25, 0.3) is 0 Å². The second-order valence-electron chi connectivity index (χ2n) is 5.35. The Morgan fingerprint density at radius 3 is 2.65 bits per heavy atom. The zero-order chi connectivity index (χ0) is 11.8. The molecule has 0 radical (unpaired) electrons. The normalized spacial score (nSPS) is 31.5. The Morgan fingerprint density at radius 2 is 2.06 bits per heavy atom. The number of benzene rings is 1. The maximum Gasteiger partial charge on any atom is 0.0417 e. The van der Waals surface area contributed by atoms with Gasteiger partial charge in [0.25, 0.3) is 0 Å². The Hall–Kier alpha value is -0.730. The van der Waals surface area contributed by atoms with E-state index in [0.717, 1.165) is 10.9 Å². The van der Waals surface area contributed by atoms with E-state index < -0.39 is 0 Å². The summed E-state index contributed by atoms with van der Waals surface area (Å²) < 4.78 is 0.